The molecule has 0 saturated heterocycles. The van der Waals surface area contributed by atoms with Crippen LogP contribution in [0.4, 0.5) is 24.5 Å². The summed E-state index contributed by atoms with van der Waals surface area (Å²) in [6.45, 7) is 4.27. The highest BCUT2D eigenvalue weighted by molar-refractivity contribution is 5.95. The molecule has 1 aliphatic heterocycles. The van der Waals surface area contributed by atoms with Crippen LogP contribution in [0.2, 0.25) is 0 Å². The standard InChI is InChI=1S/C28H27F3N2O2/c1-19(34)33-16-15-27(2,21-8-4-3-5-9-21)24-18-23(12-13-25(24)33)32-26(35)14-11-20-7-6-10-22(17-20)28(29,30)31/h3-10,12-13,17-18H,11,14-16H2,1-2H3,(H,32,35)/t27-/m1/s1. The highest BCUT2D eigenvalue weighted by Gasteiger charge is 2.38. The molecular weight excluding hydrogens is 453 g/mol. The Kier molecular flexibility index (Phi) is 6.70. The number of hydrogen-bond donors (Lipinski definition) is 1. The molecule has 0 aromatic heterocycles. The Morgan fingerprint density at radius 2 is 1.74 bits per heavy atom. The van der Waals surface area contributed by atoms with Crippen LogP contribution in [0.15, 0.2) is 72.8 Å². The normalized spacial score (nSPS) is 17.6. The third-order valence-corrected chi connectivity index (χ3v) is 6.69. The molecule has 4 nitrogen and oxygen atoms in total. The monoisotopic (exact) mass is 480 g/mol. The average Bonchev–Trinajstić information content (AvgIpc) is 2.83. The predicted octanol–water partition coefficient (Wildman–Crippen LogP) is 6.34. The molecule has 182 valence electrons. The lowest BCUT2D eigenvalue weighted by Crippen LogP contribution is -2.41. The Labute approximate surface area is 202 Å². The number of carbonyl (C=O) groups is 2. The van der Waals surface area contributed by atoms with Gasteiger partial charge in [0.05, 0.1) is 5.56 Å². The molecular formula is C28H27F3N2O2. The summed E-state index contributed by atoms with van der Waals surface area (Å²) in [7, 11) is 0. The van der Waals surface area contributed by atoms with Gasteiger partial charge in [-0.05, 0) is 53.8 Å². The maximum absolute atomic E-state index is 13.0. The number of halogens is 3. The van der Waals surface area contributed by atoms with E-state index in [0.717, 1.165) is 35.4 Å². The first kappa shape index (κ1) is 24.5. The van der Waals surface area contributed by atoms with Gasteiger partial charge in [0.1, 0.15) is 0 Å². The van der Waals surface area contributed by atoms with Gasteiger partial charge in [-0.1, -0.05) is 55.5 Å². The minimum atomic E-state index is -4.42. The molecule has 1 heterocycles. The van der Waals surface area contributed by atoms with Gasteiger partial charge in [-0.2, -0.15) is 13.2 Å². The van der Waals surface area contributed by atoms with Crippen molar-refractivity contribution in [2.24, 2.45) is 0 Å². The number of aryl methyl sites for hydroxylation is 1. The van der Waals surface area contributed by atoms with Crippen LogP contribution in [0, 0.1) is 0 Å². The van der Waals surface area contributed by atoms with E-state index in [1.54, 1.807) is 24.0 Å². The topological polar surface area (TPSA) is 49.4 Å². The van der Waals surface area contributed by atoms with Crippen LogP contribution in [0.25, 0.3) is 0 Å². The third kappa shape index (κ3) is 5.24. The zero-order chi connectivity index (χ0) is 25.2. The number of anilines is 2. The Hall–Kier alpha value is -3.61. The first-order valence-electron chi connectivity index (χ1n) is 11.5. The average molecular weight is 481 g/mol. The largest absolute Gasteiger partial charge is 0.416 e. The molecule has 1 atom stereocenters. The van der Waals surface area contributed by atoms with Crippen LogP contribution in [0.5, 0.6) is 0 Å². The number of hydrogen-bond acceptors (Lipinski definition) is 2. The molecule has 0 unspecified atom stereocenters. The first-order valence-corrected chi connectivity index (χ1v) is 11.5. The van der Waals surface area contributed by atoms with E-state index in [9.17, 15) is 22.8 Å². The van der Waals surface area contributed by atoms with Crippen LogP contribution in [0.3, 0.4) is 0 Å². The van der Waals surface area contributed by atoms with Crippen molar-refractivity contribution in [3.05, 3.63) is 95.1 Å². The van der Waals surface area contributed by atoms with E-state index in [2.05, 4.69) is 24.4 Å². The number of benzene rings is 3. The molecule has 3 aromatic rings. The Bertz CT molecular complexity index is 1240. The zero-order valence-electron chi connectivity index (χ0n) is 19.7. The first-order chi connectivity index (χ1) is 16.6. The number of nitrogens with zero attached hydrogens (tertiary/aromatic N) is 1. The van der Waals surface area contributed by atoms with Crippen LogP contribution in [-0.2, 0) is 27.6 Å². The van der Waals surface area contributed by atoms with Crippen molar-refractivity contribution in [3.63, 3.8) is 0 Å². The fourth-order valence-electron chi connectivity index (χ4n) is 4.70. The van der Waals surface area contributed by atoms with E-state index >= 15 is 0 Å². The second kappa shape index (κ2) is 9.56. The predicted molar refractivity (Wildman–Crippen MR) is 130 cm³/mol. The van der Waals surface area contributed by atoms with Gasteiger partial charge in [0.25, 0.3) is 0 Å². The summed E-state index contributed by atoms with van der Waals surface area (Å²) in [5.41, 5.74) is 2.86. The summed E-state index contributed by atoms with van der Waals surface area (Å²) < 4.78 is 38.9. The van der Waals surface area contributed by atoms with E-state index in [1.807, 2.05) is 30.3 Å². The second-order valence-corrected chi connectivity index (χ2v) is 9.10. The summed E-state index contributed by atoms with van der Waals surface area (Å²) in [6.07, 6.45) is -3.44. The number of amides is 2. The molecule has 0 aliphatic carbocycles. The highest BCUT2D eigenvalue weighted by Crippen LogP contribution is 2.45. The van der Waals surface area contributed by atoms with Crippen LogP contribution >= 0.6 is 0 Å². The Morgan fingerprint density at radius 1 is 1.00 bits per heavy atom. The fourth-order valence-corrected chi connectivity index (χ4v) is 4.70. The summed E-state index contributed by atoms with van der Waals surface area (Å²) in [6, 6.07) is 20.6. The van der Waals surface area contributed by atoms with E-state index in [4.69, 9.17) is 0 Å². The minimum absolute atomic E-state index is 0.0424. The zero-order valence-corrected chi connectivity index (χ0v) is 19.7. The lowest BCUT2D eigenvalue weighted by molar-refractivity contribution is -0.137. The molecule has 2 amide bonds. The molecule has 1 aliphatic rings. The summed E-state index contributed by atoms with van der Waals surface area (Å²) in [5.74, 6) is -0.331. The molecule has 0 spiro atoms. The molecule has 0 fully saturated rings. The highest BCUT2D eigenvalue weighted by atomic mass is 19.4. The van der Waals surface area contributed by atoms with Gasteiger partial charge in [-0.25, -0.2) is 0 Å². The molecule has 4 rings (SSSR count). The molecule has 0 radical (unpaired) electrons. The molecule has 1 N–H and O–H groups in total. The van der Waals surface area contributed by atoms with E-state index in [1.165, 1.54) is 6.07 Å². The summed E-state index contributed by atoms with van der Waals surface area (Å²) in [5, 5.41) is 2.88. The molecule has 0 saturated carbocycles. The lowest BCUT2D eigenvalue weighted by atomic mass is 9.71. The Balaban J connectivity index is 1.55. The number of carbonyl (C=O) groups excluding carboxylic acids is 2. The SMILES string of the molecule is CC(=O)N1CC[C@](C)(c2ccccc2)c2cc(NC(=O)CCc3cccc(C(F)(F)F)c3)ccc21. The smallest absolute Gasteiger partial charge is 0.326 e. The number of alkyl halides is 3. The van der Waals surface area contributed by atoms with Crippen LogP contribution in [-0.4, -0.2) is 18.4 Å². The van der Waals surface area contributed by atoms with Gasteiger partial charge in [-0.15, -0.1) is 0 Å². The fraction of sp³-hybridized carbons (Fsp3) is 0.286. The van der Waals surface area contributed by atoms with E-state index < -0.39 is 11.7 Å². The lowest BCUT2D eigenvalue weighted by Gasteiger charge is -2.41. The van der Waals surface area contributed by atoms with Crippen LogP contribution < -0.4 is 10.2 Å². The minimum Gasteiger partial charge on any atom is -0.326 e. The molecule has 3 aromatic carbocycles. The van der Waals surface area contributed by atoms with Gasteiger partial charge < -0.3 is 10.2 Å². The molecule has 35 heavy (non-hydrogen) atoms. The van der Waals surface area contributed by atoms with E-state index in [-0.39, 0.29) is 30.1 Å². The number of nitrogens with one attached hydrogen (secondary N) is 1. The third-order valence-electron chi connectivity index (χ3n) is 6.69. The van der Waals surface area contributed by atoms with Gasteiger partial charge >= 0.3 is 6.18 Å². The number of rotatable bonds is 5. The van der Waals surface area contributed by atoms with Crippen molar-refractivity contribution in [1.29, 1.82) is 0 Å². The van der Waals surface area contributed by atoms with Crippen molar-refractivity contribution in [3.8, 4) is 0 Å². The van der Waals surface area contributed by atoms with Gasteiger partial charge in [0.15, 0.2) is 0 Å². The maximum atomic E-state index is 13.0. The van der Waals surface area contributed by atoms with Crippen molar-refractivity contribution in [1.82, 2.24) is 0 Å². The Morgan fingerprint density at radius 3 is 2.43 bits per heavy atom. The van der Waals surface area contributed by atoms with Gasteiger partial charge in [0.2, 0.25) is 11.8 Å². The van der Waals surface area contributed by atoms with Crippen molar-refractivity contribution < 1.29 is 22.8 Å². The maximum Gasteiger partial charge on any atom is 0.416 e. The van der Waals surface area contributed by atoms with Crippen LogP contribution in [0.1, 0.15) is 48.9 Å². The van der Waals surface area contributed by atoms with Crippen molar-refractivity contribution >= 4 is 23.2 Å². The number of fused-ring (bicyclic) bond motifs is 1. The van der Waals surface area contributed by atoms with E-state index in [0.29, 0.717) is 17.8 Å². The quantitative estimate of drug-likeness (QED) is 0.463. The van der Waals surface area contributed by atoms with Gasteiger partial charge in [0, 0.05) is 36.7 Å². The molecule has 0 bridgehead atoms. The summed E-state index contributed by atoms with van der Waals surface area (Å²) in [4.78, 5) is 26.7. The van der Waals surface area contributed by atoms with Gasteiger partial charge in [-0.3, -0.25) is 9.59 Å². The second-order valence-electron chi connectivity index (χ2n) is 9.10. The molecule has 7 heteroatoms. The van der Waals surface area contributed by atoms with Crippen molar-refractivity contribution in [2.45, 2.75) is 44.7 Å². The summed E-state index contributed by atoms with van der Waals surface area (Å²) >= 11 is 0. The van der Waals surface area contributed by atoms with Crippen molar-refractivity contribution in [2.75, 3.05) is 16.8 Å².